The monoisotopic (exact) mass is 434 g/mol. The minimum atomic E-state index is -0.123. The van der Waals surface area contributed by atoms with Gasteiger partial charge in [-0.1, -0.05) is 6.07 Å². The third-order valence-electron chi connectivity index (χ3n) is 5.83. The molecule has 1 aromatic carbocycles. The van der Waals surface area contributed by atoms with E-state index in [1.54, 1.807) is 25.6 Å². The van der Waals surface area contributed by atoms with Crippen LogP contribution in [0.15, 0.2) is 53.6 Å². The Balaban J connectivity index is 1.50. The van der Waals surface area contributed by atoms with Crippen LogP contribution in [0, 0.1) is 0 Å². The lowest BCUT2D eigenvalue weighted by molar-refractivity contribution is 0.131. The standard InChI is InChI=1S/C25H30N4O3/c1-3-32-17-21-12-18(8-9-23(21)31-2)15-29-11-5-7-20(16-29)22-13-24(30)28-25(27-22)19-6-4-10-26-14-19/h4,6,8-10,12-14,20H,3,5,7,11,15-17H2,1-2H3,(H,27,28,30)/t20-/m1/s1. The number of hydrogen-bond acceptors (Lipinski definition) is 6. The van der Waals surface area contributed by atoms with Crippen molar-refractivity contribution < 1.29 is 9.47 Å². The third-order valence-corrected chi connectivity index (χ3v) is 5.83. The van der Waals surface area contributed by atoms with Gasteiger partial charge in [0.25, 0.3) is 5.56 Å². The van der Waals surface area contributed by atoms with E-state index >= 15 is 0 Å². The molecule has 3 heterocycles. The number of pyridine rings is 1. The molecule has 0 saturated carbocycles. The minimum Gasteiger partial charge on any atom is -0.496 e. The van der Waals surface area contributed by atoms with Crippen LogP contribution in [0.2, 0.25) is 0 Å². The fraction of sp³-hybridized carbons (Fsp3) is 0.400. The van der Waals surface area contributed by atoms with Gasteiger partial charge in [-0.25, -0.2) is 4.98 Å². The van der Waals surface area contributed by atoms with E-state index in [0.717, 1.165) is 55.0 Å². The van der Waals surface area contributed by atoms with Crippen molar-refractivity contribution in [1.29, 1.82) is 0 Å². The summed E-state index contributed by atoms with van der Waals surface area (Å²) < 4.78 is 11.1. The number of aromatic amines is 1. The van der Waals surface area contributed by atoms with Crippen molar-refractivity contribution in [3.8, 4) is 17.1 Å². The molecule has 2 aromatic heterocycles. The Kier molecular flexibility index (Phi) is 7.29. The molecule has 0 radical (unpaired) electrons. The van der Waals surface area contributed by atoms with Crippen LogP contribution < -0.4 is 10.3 Å². The van der Waals surface area contributed by atoms with E-state index in [1.165, 1.54) is 5.56 Å². The third kappa shape index (κ3) is 5.41. The molecule has 168 valence electrons. The number of H-pyrrole nitrogens is 1. The maximum Gasteiger partial charge on any atom is 0.251 e. The molecule has 0 bridgehead atoms. The predicted octanol–water partition coefficient (Wildman–Crippen LogP) is 3.76. The molecule has 0 aliphatic carbocycles. The number of benzene rings is 1. The summed E-state index contributed by atoms with van der Waals surface area (Å²) in [5.41, 5.74) is 3.85. The SMILES string of the molecule is CCOCc1cc(CN2CCC[C@@H](c3cc(=O)[nH]c(-c4cccnc4)n3)C2)ccc1OC. The van der Waals surface area contributed by atoms with Gasteiger partial charge < -0.3 is 14.5 Å². The Morgan fingerprint density at radius 2 is 2.16 bits per heavy atom. The first-order chi connectivity index (χ1) is 15.7. The van der Waals surface area contributed by atoms with Gasteiger partial charge in [0.2, 0.25) is 0 Å². The minimum absolute atomic E-state index is 0.123. The maximum atomic E-state index is 12.3. The molecule has 7 heteroatoms. The summed E-state index contributed by atoms with van der Waals surface area (Å²) in [6.45, 7) is 5.96. The van der Waals surface area contributed by atoms with Gasteiger partial charge in [0.05, 0.1) is 19.4 Å². The fourth-order valence-electron chi connectivity index (χ4n) is 4.28. The molecule has 0 amide bonds. The number of nitrogens with one attached hydrogen (secondary N) is 1. The second kappa shape index (κ2) is 10.5. The average molecular weight is 435 g/mol. The van der Waals surface area contributed by atoms with Crippen LogP contribution in [-0.4, -0.2) is 46.7 Å². The number of ether oxygens (including phenoxy) is 2. The van der Waals surface area contributed by atoms with E-state index in [-0.39, 0.29) is 11.5 Å². The van der Waals surface area contributed by atoms with Gasteiger partial charge in [-0.15, -0.1) is 0 Å². The van der Waals surface area contributed by atoms with Gasteiger partial charge in [-0.3, -0.25) is 14.7 Å². The lowest BCUT2D eigenvalue weighted by atomic mass is 9.94. The van der Waals surface area contributed by atoms with E-state index in [9.17, 15) is 4.79 Å². The average Bonchev–Trinajstić information content (AvgIpc) is 2.83. The summed E-state index contributed by atoms with van der Waals surface area (Å²) in [5, 5.41) is 0. The molecule has 32 heavy (non-hydrogen) atoms. The zero-order valence-corrected chi connectivity index (χ0v) is 18.7. The molecule has 1 atom stereocenters. The van der Waals surface area contributed by atoms with Crippen molar-refractivity contribution in [2.75, 3.05) is 26.8 Å². The van der Waals surface area contributed by atoms with Gasteiger partial charge in [0, 0.05) is 55.2 Å². The molecule has 7 nitrogen and oxygen atoms in total. The van der Waals surface area contributed by atoms with Crippen molar-refractivity contribution in [2.24, 2.45) is 0 Å². The highest BCUT2D eigenvalue weighted by atomic mass is 16.5. The lowest BCUT2D eigenvalue weighted by Gasteiger charge is -2.32. The zero-order chi connectivity index (χ0) is 22.3. The Morgan fingerprint density at radius 3 is 2.94 bits per heavy atom. The van der Waals surface area contributed by atoms with Gasteiger partial charge in [0.15, 0.2) is 0 Å². The maximum absolute atomic E-state index is 12.3. The number of hydrogen-bond donors (Lipinski definition) is 1. The highest BCUT2D eigenvalue weighted by molar-refractivity contribution is 5.52. The summed E-state index contributed by atoms with van der Waals surface area (Å²) in [4.78, 5) is 26.5. The van der Waals surface area contributed by atoms with Gasteiger partial charge in [0.1, 0.15) is 11.6 Å². The first-order valence-electron chi connectivity index (χ1n) is 11.1. The molecule has 4 rings (SSSR count). The largest absolute Gasteiger partial charge is 0.496 e. The van der Waals surface area contributed by atoms with E-state index in [0.29, 0.717) is 19.0 Å². The molecular weight excluding hydrogens is 404 g/mol. The summed E-state index contributed by atoms with van der Waals surface area (Å²) in [7, 11) is 1.69. The lowest BCUT2D eigenvalue weighted by Crippen LogP contribution is -2.34. The normalized spacial score (nSPS) is 16.8. The van der Waals surface area contributed by atoms with Crippen LogP contribution in [-0.2, 0) is 17.9 Å². The number of likely N-dealkylation sites (tertiary alicyclic amines) is 1. The molecule has 3 aromatic rings. The Bertz CT molecular complexity index is 1080. The highest BCUT2D eigenvalue weighted by Crippen LogP contribution is 2.28. The number of nitrogens with zero attached hydrogens (tertiary/aromatic N) is 3. The van der Waals surface area contributed by atoms with Crippen LogP contribution in [0.3, 0.4) is 0 Å². The number of aromatic nitrogens is 3. The summed E-state index contributed by atoms with van der Waals surface area (Å²) in [5.74, 6) is 1.66. The van der Waals surface area contributed by atoms with Crippen molar-refractivity contribution in [3.05, 3.63) is 76.0 Å². The van der Waals surface area contributed by atoms with Crippen LogP contribution in [0.25, 0.3) is 11.4 Å². The Hall–Kier alpha value is -3.03. The highest BCUT2D eigenvalue weighted by Gasteiger charge is 2.24. The molecule has 0 spiro atoms. The Morgan fingerprint density at radius 1 is 1.25 bits per heavy atom. The van der Waals surface area contributed by atoms with Crippen LogP contribution in [0.5, 0.6) is 5.75 Å². The second-order valence-electron chi connectivity index (χ2n) is 8.12. The van der Waals surface area contributed by atoms with Crippen LogP contribution >= 0.6 is 0 Å². The second-order valence-corrected chi connectivity index (χ2v) is 8.12. The molecule has 1 saturated heterocycles. The molecular formula is C25H30N4O3. The smallest absolute Gasteiger partial charge is 0.251 e. The number of rotatable bonds is 8. The predicted molar refractivity (Wildman–Crippen MR) is 124 cm³/mol. The first-order valence-corrected chi connectivity index (χ1v) is 11.1. The zero-order valence-electron chi connectivity index (χ0n) is 18.7. The topological polar surface area (TPSA) is 80.3 Å². The quantitative estimate of drug-likeness (QED) is 0.582. The number of piperidine rings is 1. The number of methoxy groups -OCH3 is 1. The van der Waals surface area contributed by atoms with E-state index < -0.39 is 0 Å². The van der Waals surface area contributed by atoms with Crippen molar-refractivity contribution in [3.63, 3.8) is 0 Å². The van der Waals surface area contributed by atoms with Gasteiger partial charge >= 0.3 is 0 Å². The molecule has 1 aliphatic heterocycles. The Labute approximate surface area is 188 Å². The van der Waals surface area contributed by atoms with Crippen molar-refractivity contribution in [2.45, 2.75) is 38.8 Å². The van der Waals surface area contributed by atoms with Gasteiger partial charge in [-0.2, -0.15) is 0 Å². The molecule has 1 fully saturated rings. The van der Waals surface area contributed by atoms with Crippen molar-refractivity contribution in [1.82, 2.24) is 19.9 Å². The summed E-state index contributed by atoms with van der Waals surface area (Å²) in [6.07, 6.45) is 5.53. The summed E-state index contributed by atoms with van der Waals surface area (Å²) in [6, 6.07) is 11.7. The van der Waals surface area contributed by atoms with Gasteiger partial charge in [-0.05, 0) is 56.1 Å². The van der Waals surface area contributed by atoms with E-state index in [4.69, 9.17) is 14.5 Å². The molecule has 1 N–H and O–H groups in total. The first kappa shape index (κ1) is 22.2. The molecule has 0 unspecified atom stereocenters. The van der Waals surface area contributed by atoms with Crippen molar-refractivity contribution >= 4 is 0 Å². The van der Waals surface area contributed by atoms with E-state index in [2.05, 4.69) is 27.0 Å². The molecule has 1 aliphatic rings. The van der Waals surface area contributed by atoms with Crippen LogP contribution in [0.1, 0.15) is 42.5 Å². The van der Waals surface area contributed by atoms with E-state index in [1.807, 2.05) is 25.1 Å². The van der Waals surface area contributed by atoms with Crippen LogP contribution in [0.4, 0.5) is 0 Å². The fourth-order valence-corrected chi connectivity index (χ4v) is 4.28. The summed E-state index contributed by atoms with van der Waals surface area (Å²) >= 11 is 0.